The number of nitrogens with zero attached hydrogens (tertiary/aromatic N) is 2. The molecule has 1 fully saturated rings. The first kappa shape index (κ1) is 22.7. The van der Waals surface area contributed by atoms with E-state index in [1.807, 2.05) is 17.2 Å². The molecule has 0 atom stereocenters. The summed E-state index contributed by atoms with van der Waals surface area (Å²) >= 11 is 0. The molecule has 0 saturated carbocycles. The molecule has 1 aliphatic heterocycles. The predicted octanol–water partition coefficient (Wildman–Crippen LogP) is 3.88. The highest BCUT2D eigenvalue weighted by Crippen LogP contribution is 2.35. The topological polar surface area (TPSA) is 75.0 Å². The van der Waals surface area contributed by atoms with Crippen LogP contribution in [0.2, 0.25) is 0 Å². The minimum Gasteiger partial charge on any atom is -0.346 e. The lowest BCUT2D eigenvalue weighted by molar-refractivity contribution is -0.143. The lowest BCUT2D eigenvalue weighted by Crippen LogP contribution is -2.49. The largest absolute Gasteiger partial charge is 0.346 e. The summed E-state index contributed by atoms with van der Waals surface area (Å²) in [7, 11) is 0. The average Bonchev–Trinajstić information content (AvgIpc) is 3.08. The molecular formula is C19H30Cl2N4O. The Morgan fingerprint density at radius 3 is 2.54 bits per heavy atom. The summed E-state index contributed by atoms with van der Waals surface area (Å²) in [6.45, 7) is 6.21. The summed E-state index contributed by atoms with van der Waals surface area (Å²) in [4.78, 5) is 22.6. The number of carbonyl (C=O) groups is 1. The minimum atomic E-state index is -0.377. The van der Waals surface area contributed by atoms with Crippen LogP contribution in [0.5, 0.6) is 0 Å². The van der Waals surface area contributed by atoms with Crippen molar-refractivity contribution >= 4 is 41.8 Å². The van der Waals surface area contributed by atoms with Crippen molar-refractivity contribution in [3.05, 3.63) is 30.1 Å². The fourth-order valence-corrected chi connectivity index (χ4v) is 3.97. The van der Waals surface area contributed by atoms with E-state index in [1.165, 1.54) is 10.9 Å². The molecule has 146 valence electrons. The van der Waals surface area contributed by atoms with Gasteiger partial charge in [-0.15, -0.1) is 24.8 Å². The Morgan fingerprint density at radius 1 is 1.31 bits per heavy atom. The van der Waals surface area contributed by atoms with Crippen LogP contribution in [-0.4, -0.2) is 40.4 Å². The Morgan fingerprint density at radius 2 is 1.96 bits per heavy atom. The van der Waals surface area contributed by atoms with Crippen LogP contribution >= 0.6 is 24.8 Å². The summed E-state index contributed by atoms with van der Waals surface area (Å²) in [6, 6.07) is 4.11. The Labute approximate surface area is 167 Å². The van der Waals surface area contributed by atoms with Gasteiger partial charge in [0, 0.05) is 37.4 Å². The third-order valence-electron chi connectivity index (χ3n) is 5.90. The van der Waals surface area contributed by atoms with Crippen molar-refractivity contribution in [3.8, 4) is 0 Å². The van der Waals surface area contributed by atoms with Gasteiger partial charge in [-0.2, -0.15) is 0 Å². The fraction of sp³-hybridized carbons (Fsp3) is 0.579. The summed E-state index contributed by atoms with van der Waals surface area (Å²) in [5, 5.41) is 1.21. The van der Waals surface area contributed by atoms with Gasteiger partial charge in [-0.25, -0.2) is 4.98 Å². The van der Waals surface area contributed by atoms with Crippen molar-refractivity contribution in [2.45, 2.75) is 45.4 Å². The number of fused-ring (bicyclic) bond motifs is 1. The highest BCUT2D eigenvalue weighted by molar-refractivity contribution is 5.85. The third-order valence-corrected chi connectivity index (χ3v) is 5.90. The van der Waals surface area contributed by atoms with E-state index in [-0.39, 0.29) is 36.1 Å². The molecule has 3 N–H and O–H groups in total. The number of halogens is 2. The smallest absolute Gasteiger partial charge is 0.230 e. The van der Waals surface area contributed by atoms with Crippen molar-refractivity contribution in [3.63, 3.8) is 0 Å². The number of H-pyrrole nitrogens is 1. The first-order valence-electron chi connectivity index (χ1n) is 9.06. The van der Waals surface area contributed by atoms with E-state index in [0.717, 1.165) is 44.4 Å². The minimum absolute atomic E-state index is 0. The number of carbonyl (C=O) groups excluding carboxylic acids is 1. The summed E-state index contributed by atoms with van der Waals surface area (Å²) in [5.74, 6) is 0.733. The standard InChI is InChI=1S/C19H28N4O.2ClH/c1-3-19(4-2,13-20)18(24)23-10-7-14(8-11-23)16-12-22-17-15(16)6-5-9-21-17;;/h5-6,9,12,14H,3-4,7-8,10-11,13,20H2,1-2H3,(H,21,22);2*1H. The molecule has 1 aliphatic rings. The Balaban J connectivity index is 0.00000169. The van der Waals surface area contributed by atoms with Gasteiger partial charge in [0.1, 0.15) is 5.65 Å². The van der Waals surface area contributed by atoms with E-state index in [2.05, 4.69) is 36.1 Å². The molecule has 0 bridgehead atoms. The molecule has 1 amide bonds. The van der Waals surface area contributed by atoms with Gasteiger partial charge in [-0.05, 0) is 49.3 Å². The highest BCUT2D eigenvalue weighted by atomic mass is 35.5. The summed E-state index contributed by atoms with van der Waals surface area (Å²) in [6.07, 6.45) is 7.52. The van der Waals surface area contributed by atoms with Crippen LogP contribution in [0.1, 0.15) is 51.0 Å². The normalized spacial score (nSPS) is 15.4. The number of likely N-dealkylation sites (tertiary alicyclic amines) is 1. The van der Waals surface area contributed by atoms with E-state index in [4.69, 9.17) is 5.73 Å². The predicted molar refractivity (Wildman–Crippen MR) is 111 cm³/mol. The van der Waals surface area contributed by atoms with Gasteiger partial charge in [-0.1, -0.05) is 13.8 Å². The number of pyridine rings is 1. The first-order chi connectivity index (χ1) is 11.6. The lowest BCUT2D eigenvalue weighted by Gasteiger charge is -2.39. The van der Waals surface area contributed by atoms with Gasteiger partial charge >= 0.3 is 0 Å². The van der Waals surface area contributed by atoms with E-state index in [1.54, 1.807) is 0 Å². The zero-order chi connectivity index (χ0) is 17.2. The highest BCUT2D eigenvalue weighted by Gasteiger charge is 2.38. The molecule has 1 saturated heterocycles. The molecule has 26 heavy (non-hydrogen) atoms. The van der Waals surface area contributed by atoms with Crippen molar-refractivity contribution in [1.29, 1.82) is 0 Å². The second-order valence-corrected chi connectivity index (χ2v) is 6.90. The van der Waals surface area contributed by atoms with Gasteiger partial charge < -0.3 is 15.6 Å². The zero-order valence-electron chi connectivity index (χ0n) is 15.5. The Bertz CT molecular complexity index is 698. The first-order valence-corrected chi connectivity index (χ1v) is 9.06. The van der Waals surface area contributed by atoms with Crippen LogP contribution in [0.15, 0.2) is 24.5 Å². The van der Waals surface area contributed by atoms with Gasteiger partial charge in [-0.3, -0.25) is 4.79 Å². The quantitative estimate of drug-likeness (QED) is 0.799. The van der Waals surface area contributed by atoms with Crippen LogP contribution in [-0.2, 0) is 4.79 Å². The molecule has 7 heteroatoms. The number of hydrogen-bond donors (Lipinski definition) is 2. The maximum absolute atomic E-state index is 12.9. The van der Waals surface area contributed by atoms with E-state index >= 15 is 0 Å². The van der Waals surface area contributed by atoms with Crippen molar-refractivity contribution in [2.24, 2.45) is 11.1 Å². The Kier molecular flexibility index (Phi) is 8.38. The number of nitrogens with two attached hydrogens (primary N) is 1. The molecule has 0 radical (unpaired) electrons. The van der Waals surface area contributed by atoms with Gasteiger partial charge in [0.2, 0.25) is 5.91 Å². The second kappa shape index (κ2) is 9.58. The number of rotatable bonds is 5. The van der Waals surface area contributed by atoms with Crippen molar-refractivity contribution < 1.29 is 4.79 Å². The fourth-order valence-electron chi connectivity index (χ4n) is 3.97. The summed E-state index contributed by atoms with van der Waals surface area (Å²) in [5.41, 5.74) is 7.85. The Hall–Kier alpha value is -1.30. The second-order valence-electron chi connectivity index (χ2n) is 6.90. The van der Waals surface area contributed by atoms with Crippen LogP contribution < -0.4 is 5.73 Å². The van der Waals surface area contributed by atoms with Crippen molar-refractivity contribution in [1.82, 2.24) is 14.9 Å². The SMILES string of the molecule is CCC(CC)(CN)C(=O)N1CCC(c2c[nH]c3ncccc23)CC1.Cl.Cl. The maximum atomic E-state index is 12.9. The van der Waals surface area contributed by atoms with Crippen LogP contribution in [0.25, 0.3) is 11.0 Å². The molecule has 5 nitrogen and oxygen atoms in total. The molecule has 0 aliphatic carbocycles. The lowest BCUT2D eigenvalue weighted by atomic mass is 9.80. The number of hydrogen-bond acceptors (Lipinski definition) is 3. The van der Waals surface area contributed by atoms with Crippen LogP contribution in [0.3, 0.4) is 0 Å². The zero-order valence-corrected chi connectivity index (χ0v) is 17.2. The van der Waals surface area contributed by atoms with Gasteiger partial charge in [0.05, 0.1) is 5.41 Å². The average molecular weight is 401 g/mol. The number of amides is 1. The molecule has 2 aromatic rings. The number of piperidine rings is 1. The number of nitrogens with one attached hydrogen (secondary N) is 1. The van der Waals surface area contributed by atoms with Crippen molar-refractivity contribution in [2.75, 3.05) is 19.6 Å². The van der Waals surface area contributed by atoms with Crippen LogP contribution in [0.4, 0.5) is 0 Å². The molecular weight excluding hydrogens is 371 g/mol. The maximum Gasteiger partial charge on any atom is 0.230 e. The van der Waals surface area contributed by atoms with E-state index in [9.17, 15) is 4.79 Å². The van der Waals surface area contributed by atoms with Gasteiger partial charge in [0.15, 0.2) is 0 Å². The third kappa shape index (κ3) is 4.00. The number of aromatic nitrogens is 2. The molecule has 3 rings (SSSR count). The molecule has 0 spiro atoms. The summed E-state index contributed by atoms with van der Waals surface area (Å²) < 4.78 is 0. The van der Waals surface area contributed by atoms with E-state index < -0.39 is 0 Å². The van der Waals surface area contributed by atoms with E-state index in [0.29, 0.717) is 12.5 Å². The van der Waals surface area contributed by atoms with Gasteiger partial charge in [0.25, 0.3) is 0 Å². The number of aromatic amines is 1. The molecule has 0 unspecified atom stereocenters. The molecule has 3 heterocycles. The van der Waals surface area contributed by atoms with Crippen LogP contribution in [0, 0.1) is 5.41 Å². The molecule has 2 aromatic heterocycles. The monoisotopic (exact) mass is 400 g/mol. The molecule has 0 aromatic carbocycles.